The van der Waals surface area contributed by atoms with Crippen molar-refractivity contribution in [2.75, 3.05) is 57.9 Å². The first-order valence-corrected chi connectivity index (χ1v) is 43.3. The highest BCUT2D eigenvalue weighted by atomic mass is 32.2. The van der Waals surface area contributed by atoms with Crippen LogP contribution in [0.15, 0.2) is 260 Å². The molecule has 1 heterocycles. The van der Waals surface area contributed by atoms with Crippen molar-refractivity contribution in [2.45, 2.75) is 159 Å². The molecule has 113 heavy (non-hydrogen) atoms. The number of unbranched alkanes of at least 4 members (excludes halogenated alkanes) is 5. The fraction of sp³-hybridized carbons (Fsp3) is 0.414. The molecule has 0 spiro atoms. The van der Waals surface area contributed by atoms with Gasteiger partial charge in [0, 0.05) is 22.3 Å². The standard InChI is InChI=1S/2C18H15S.C15H22O3.C14H24O7S.C14H18O5.C8H12O7S/c2*1-4-10-16(11-5-1)19(17-12-6-2-7-13-17)18-14-8-3-9-15-18;1-9(2)15(16)18-8-17-14-12-4-10-3-11(6-12)7-13(14)5-10;1-12(2)14(16)21-10-8-6-4-3-5-7-9-20-13(15)11-22(17,18)19;1-7(2)14(16)18-6-11(15)19-12-8-3-9-5-17-13(12)10(9)4-8;1-6(2)8(10)15-5-7(9)14-3-4-16(11,12)13/h2*1-15H;10-14H,1,3-8H2,2H3;1,3-11H2,2H3,(H,17,18,19);8-10,12-13H,1,3-6H2,2H3;1,3-5H2,2H3,(H,11,12,13)/q2*+1;;;;/p-2. The molecule has 13 rings (SSSR count). The van der Waals surface area contributed by atoms with E-state index in [0.717, 1.165) is 63.4 Å². The number of hydrogen-bond donors (Lipinski definition) is 0. The minimum absolute atomic E-state index is 0.0146. The Labute approximate surface area is 670 Å². The number of esters is 7. The molecule has 6 aromatic carbocycles. The molecule has 1 saturated heterocycles. The second-order valence-corrected chi connectivity index (χ2v) is 35.4. The second-order valence-electron chi connectivity index (χ2n) is 28.4. The van der Waals surface area contributed by atoms with Gasteiger partial charge in [0.25, 0.3) is 0 Å². The lowest BCUT2D eigenvalue weighted by Gasteiger charge is -2.53. The summed E-state index contributed by atoms with van der Waals surface area (Å²) in [5.41, 5.74) is 1.22. The number of ether oxygens (including phenoxy) is 9. The van der Waals surface area contributed by atoms with Gasteiger partial charge in [-0.25, -0.2) is 45.6 Å². The minimum Gasteiger partial charge on any atom is -0.748 e. The molecule has 5 atom stereocenters. The van der Waals surface area contributed by atoms with Crippen molar-refractivity contribution in [1.82, 2.24) is 0 Å². The van der Waals surface area contributed by atoms with Crippen LogP contribution in [0.2, 0.25) is 0 Å². The van der Waals surface area contributed by atoms with Crippen LogP contribution in [0.25, 0.3) is 0 Å². The van der Waals surface area contributed by atoms with Crippen LogP contribution in [-0.4, -0.2) is 144 Å². The molecule has 608 valence electrons. The van der Waals surface area contributed by atoms with Crippen LogP contribution in [0.5, 0.6) is 0 Å². The Bertz CT molecular complexity index is 3960. The van der Waals surface area contributed by atoms with Crippen LogP contribution in [0, 0.1) is 41.4 Å². The molecule has 6 bridgehead atoms. The summed E-state index contributed by atoms with van der Waals surface area (Å²) in [5, 5.41) is 0. The van der Waals surface area contributed by atoms with E-state index in [1.165, 1.54) is 75.3 Å². The predicted molar refractivity (Wildman–Crippen MR) is 426 cm³/mol. The largest absolute Gasteiger partial charge is 0.748 e. The third kappa shape index (κ3) is 32.1. The van der Waals surface area contributed by atoms with Crippen molar-refractivity contribution in [1.29, 1.82) is 0 Å². The maximum Gasteiger partial charge on any atom is 0.344 e. The summed E-state index contributed by atoms with van der Waals surface area (Å²) < 4.78 is 106. The van der Waals surface area contributed by atoms with Crippen molar-refractivity contribution in [2.24, 2.45) is 41.4 Å². The van der Waals surface area contributed by atoms with Crippen LogP contribution in [0.1, 0.15) is 111 Å². The first kappa shape index (κ1) is 91.2. The summed E-state index contributed by atoms with van der Waals surface area (Å²) in [5.74, 6) is -1.45. The summed E-state index contributed by atoms with van der Waals surface area (Å²) in [6.45, 7) is 19.8. The molecule has 6 aromatic rings. The average molecular weight is 1630 g/mol. The van der Waals surface area contributed by atoms with Gasteiger partial charge in [0.1, 0.15) is 28.6 Å². The number of fused-ring (bicyclic) bond motifs is 1. The van der Waals surface area contributed by atoms with E-state index in [9.17, 15) is 59.5 Å². The minimum atomic E-state index is -4.56. The van der Waals surface area contributed by atoms with Crippen molar-refractivity contribution in [3.05, 3.63) is 231 Å². The van der Waals surface area contributed by atoms with Crippen molar-refractivity contribution >= 4 is 83.8 Å². The van der Waals surface area contributed by atoms with Crippen LogP contribution in [-0.2, 0) is 118 Å². The molecule has 0 aromatic heterocycles. The van der Waals surface area contributed by atoms with Crippen molar-refractivity contribution in [3.63, 3.8) is 0 Å². The quantitative estimate of drug-likeness (QED) is 0.00720. The number of carbonyl (C=O) groups is 7. The van der Waals surface area contributed by atoms with Gasteiger partial charge in [-0.1, -0.05) is 161 Å². The summed E-state index contributed by atoms with van der Waals surface area (Å²) in [6, 6.07) is 64.3. The van der Waals surface area contributed by atoms with Gasteiger partial charge in [0.15, 0.2) is 49.4 Å². The van der Waals surface area contributed by atoms with Gasteiger partial charge >= 0.3 is 41.8 Å². The van der Waals surface area contributed by atoms with E-state index in [1.807, 2.05) is 0 Å². The molecule has 26 heteroatoms. The second kappa shape index (κ2) is 47.0. The predicted octanol–water partition coefficient (Wildman–Crippen LogP) is 14.3. The molecule has 1 aliphatic heterocycles. The van der Waals surface area contributed by atoms with E-state index >= 15 is 0 Å². The molecular formula is C87H104O22S4. The Morgan fingerprint density at radius 1 is 0.389 bits per heavy atom. The third-order valence-corrected chi connectivity index (χ3v) is 24.9. The van der Waals surface area contributed by atoms with Gasteiger partial charge in [-0.15, -0.1) is 0 Å². The highest BCUT2D eigenvalue weighted by Crippen LogP contribution is 2.56. The Balaban J connectivity index is 0.000000188. The number of rotatable bonds is 32. The van der Waals surface area contributed by atoms with Crippen LogP contribution < -0.4 is 0 Å². The topological polar surface area (TPSA) is 317 Å². The fourth-order valence-electron chi connectivity index (χ4n) is 14.3. The number of carbonyl (C=O) groups excluding carboxylic acids is 7. The molecule has 22 nitrogen and oxygen atoms in total. The zero-order valence-electron chi connectivity index (χ0n) is 64.6. The maximum atomic E-state index is 11.7. The average Bonchev–Trinajstić information content (AvgIpc) is 1.62. The summed E-state index contributed by atoms with van der Waals surface area (Å²) in [7, 11) is -9.00. The lowest BCUT2D eigenvalue weighted by molar-refractivity contribution is -0.183. The highest BCUT2D eigenvalue weighted by Gasteiger charge is 2.59. The van der Waals surface area contributed by atoms with E-state index in [-0.39, 0.29) is 77.1 Å². The van der Waals surface area contributed by atoms with Gasteiger partial charge in [-0.05, 0) is 200 Å². The van der Waals surface area contributed by atoms with Crippen LogP contribution in [0.3, 0.4) is 0 Å². The van der Waals surface area contributed by atoms with E-state index in [2.05, 4.69) is 223 Å². The smallest absolute Gasteiger partial charge is 0.344 e. The molecule has 7 fully saturated rings. The molecular weight excluding hydrogens is 1530 g/mol. The Morgan fingerprint density at radius 3 is 1.12 bits per heavy atom. The van der Waals surface area contributed by atoms with Gasteiger partial charge in [0.2, 0.25) is 0 Å². The summed E-state index contributed by atoms with van der Waals surface area (Å²) in [4.78, 5) is 86.0. The van der Waals surface area contributed by atoms with Crippen molar-refractivity contribution < 1.29 is 102 Å². The molecule has 6 aliphatic carbocycles. The molecule has 6 saturated carbocycles. The molecule has 0 radical (unpaired) electrons. The third-order valence-electron chi connectivity index (χ3n) is 19.2. The van der Waals surface area contributed by atoms with Crippen LogP contribution >= 0.6 is 0 Å². The monoisotopic (exact) mass is 1630 g/mol. The molecule has 5 unspecified atom stereocenters. The van der Waals surface area contributed by atoms with Gasteiger partial charge in [-0.3, -0.25) is 4.79 Å². The van der Waals surface area contributed by atoms with Gasteiger partial charge < -0.3 is 51.7 Å². The normalized spacial score (nSPS) is 20.1. The van der Waals surface area contributed by atoms with Crippen molar-refractivity contribution in [3.8, 4) is 0 Å². The first-order chi connectivity index (χ1) is 54.0. The van der Waals surface area contributed by atoms with Crippen LogP contribution in [0.4, 0.5) is 0 Å². The zero-order valence-corrected chi connectivity index (χ0v) is 67.9. The molecule has 7 aliphatic rings. The summed E-state index contributed by atoms with van der Waals surface area (Å²) >= 11 is 0. The highest BCUT2D eigenvalue weighted by molar-refractivity contribution is 7.97. The van der Waals surface area contributed by atoms with E-state index in [4.69, 9.17) is 28.4 Å². The Morgan fingerprint density at radius 2 is 0.735 bits per heavy atom. The Kier molecular flexibility index (Phi) is 37.9. The fourth-order valence-corrected chi connectivity index (χ4v) is 19.2. The van der Waals surface area contributed by atoms with E-state index < -0.39 is 74.8 Å². The van der Waals surface area contributed by atoms with E-state index in [1.54, 1.807) is 13.8 Å². The summed E-state index contributed by atoms with van der Waals surface area (Å²) in [6.07, 6.45) is 14.2. The van der Waals surface area contributed by atoms with E-state index in [0.29, 0.717) is 59.9 Å². The Hall–Kier alpha value is -8.99. The lowest BCUT2D eigenvalue weighted by atomic mass is 9.55. The first-order valence-electron chi connectivity index (χ1n) is 37.7. The SMILES string of the molecule is C=C(C)C(=O)OCC(=O)OC1C2CC3COC1C3C2.C=C(C)C(=O)OCC(=O)OCCS(=O)(=O)[O-].C=C(C)C(=O)OCCCCCCCCOC(=O)CS(=O)(=O)[O-].C=C(C)C(=O)OCOC1C2CC3CC(C2)CC1C3.c1ccc([S+](c2ccccc2)c2ccccc2)cc1.c1ccc([S+](c2ccccc2)c2ccccc2)cc1. The number of hydrogen-bond acceptors (Lipinski definition) is 22. The number of benzene rings is 6. The molecule has 0 amide bonds. The zero-order chi connectivity index (χ0) is 81.9. The maximum absolute atomic E-state index is 11.7. The lowest BCUT2D eigenvalue weighted by Crippen LogP contribution is -2.49. The van der Waals surface area contributed by atoms with Gasteiger partial charge in [-0.2, -0.15) is 0 Å². The molecule has 0 N–H and O–H groups in total. The van der Waals surface area contributed by atoms with Gasteiger partial charge in [0.05, 0.1) is 69.7 Å².